The monoisotopic (exact) mass is 571 g/mol. The van der Waals surface area contributed by atoms with Gasteiger partial charge in [0.25, 0.3) is 5.91 Å². The van der Waals surface area contributed by atoms with Crippen LogP contribution in [0.5, 0.6) is 5.75 Å². The summed E-state index contributed by atoms with van der Waals surface area (Å²) in [5.74, 6) is -0.314. The lowest BCUT2D eigenvalue weighted by Crippen LogP contribution is -2.50. The van der Waals surface area contributed by atoms with Gasteiger partial charge in [-0.3, -0.25) is 4.79 Å². The number of hydrogen-bond donors (Lipinski definition) is 0. The molecule has 3 aromatic carbocycles. The van der Waals surface area contributed by atoms with Crippen molar-refractivity contribution in [3.63, 3.8) is 0 Å². The molecule has 1 saturated heterocycles. The number of carbonyl (C=O) groups excluding carboxylic acids is 2. The van der Waals surface area contributed by atoms with Gasteiger partial charge in [0.15, 0.2) is 11.9 Å². The number of furan rings is 1. The summed E-state index contributed by atoms with van der Waals surface area (Å²) in [6.07, 6.45) is 2.50. The Hall–Kier alpha value is -3.94. The van der Waals surface area contributed by atoms with Crippen molar-refractivity contribution in [1.29, 1.82) is 0 Å². The molecular weight excluding hydrogens is 546 g/mol. The van der Waals surface area contributed by atoms with Gasteiger partial charge in [-0.1, -0.05) is 78.3 Å². The lowest BCUT2D eigenvalue weighted by molar-refractivity contribution is -0.157. The summed E-state index contributed by atoms with van der Waals surface area (Å²) in [6, 6.07) is 27.0. The van der Waals surface area contributed by atoms with Crippen LogP contribution in [0, 0.1) is 0 Å². The quantitative estimate of drug-likeness (QED) is 0.220. The molecule has 8 heteroatoms. The number of esters is 1. The van der Waals surface area contributed by atoms with Crippen molar-refractivity contribution in [2.45, 2.75) is 36.1 Å². The van der Waals surface area contributed by atoms with Crippen molar-refractivity contribution in [3.05, 3.63) is 131 Å². The van der Waals surface area contributed by atoms with Gasteiger partial charge >= 0.3 is 5.97 Å². The zero-order valence-corrected chi connectivity index (χ0v) is 23.4. The van der Waals surface area contributed by atoms with Crippen LogP contribution in [-0.4, -0.2) is 32.9 Å². The van der Waals surface area contributed by atoms with Crippen molar-refractivity contribution in [3.8, 4) is 5.75 Å². The predicted octanol–water partition coefficient (Wildman–Crippen LogP) is 7.12. The summed E-state index contributed by atoms with van der Waals surface area (Å²) in [5.41, 5.74) is 3.05. The highest BCUT2D eigenvalue weighted by atomic mass is 35.5. The average Bonchev–Trinajstić information content (AvgIpc) is 3.63. The molecule has 0 unspecified atom stereocenters. The molecule has 3 heterocycles. The van der Waals surface area contributed by atoms with E-state index in [4.69, 9.17) is 25.5 Å². The summed E-state index contributed by atoms with van der Waals surface area (Å²) >= 11 is 7.70. The molecule has 6 nitrogen and oxygen atoms in total. The van der Waals surface area contributed by atoms with Crippen molar-refractivity contribution in [2.24, 2.45) is 0 Å². The Morgan fingerprint density at radius 3 is 2.25 bits per heavy atom. The fourth-order valence-electron chi connectivity index (χ4n) is 5.25. The van der Waals surface area contributed by atoms with Crippen LogP contribution in [0.2, 0.25) is 5.02 Å². The van der Waals surface area contributed by atoms with E-state index in [-0.39, 0.29) is 5.76 Å². The molecule has 2 atom stereocenters. The molecule has 0 saturated carbocycles. The van der Waals surface area contributed by atoms with E-state index >= 15 is 0 Å². The Bertz CT molecular complexity index is 1530. The van der Waals surface area contributed by atoms with Crippen LogP contribution in [0.25, 0.3) is 5.57 Å². The third-order valence-electron chi connectivity index (χ3n) is 7.04. The first-order chi connectivity index (χ1) is 19.3. The minimum absolute atomic E-state index is 0.136. The van der Waals surface area contributed by atoms with Gasteiger partial charge in [-0.15, -0.1) is 11.8 Å². The molecule has 2 aliphatic heterocycles. The molecule has 0 bridgehead atoms. The Balaban J connectivity index is 1.37. The molecule has 6 rings (SSSR count). The molecule has 0 aliphatic carbocycles. The van der Waals surface area contributed by atoms with Gasteiger partial charge in [0.1, 0.15) is 17.2 Å². The molecule has 1 amide bonds. The van der Waals surface area contributed by atoms with E-state index in [2.05, 4.69) is 0 Å². The molecule has 0 spiro atoms. The highest BCUT2D eigenvalue weighted by Crippen LogP contribution is 2.54. The zero-order chi connectivity index (χ0) is 27.9. The van der Waals surface area contributed by atoms with E-state index in [9.17, 15) is 9.59 Å². The lowest BCUT2D eigenvalue weighted by atomic mass is 9.99. The standard InChI is InChI=1S/C32H26ClNO5S/c1-32(2)28(31(36)39-26(20-10-5-3-6-11-20)21-12-7-4-8-13-21)34-29(35)27(38-24-15-9-14-23(33)18-24)25(30(34)40-32)22-16-17-37-19-22/h3-19,26,28,30H,1-2H3/t28-,30+/m0/s1. The van der Waals surface area contributed by atoms with Crippen LogP contribution in [0.15, 0.2) is 114 Å². The molecule has 1 fully saturated rings. The SMILES string of the molecule is CC1(C)S[C@@H]2C(c3ccoc3)=C(Oc3cccc(Cl)c3)C(=O)N2[C@H]1C(=O)OC(c1ccccc1)c1ccccc1. The van der Waals surface area contributed by atoms with Gasteiger partial charge < -0.3 is 18.8 Å². The average molecular weight is 572 g/mol. The predicted molar refractivity (Wildman–Crippen MR) is 155 cm³/mol. The van der Waals surface area contributed by atoms with Crippen LogP contribution >= 0.6 is 23.4 Å². The molecule has 40 heavy (non-hydrogen) atoms. The van der Waals surface area contributed by atoms with Crippen LogP contribution in [0.3, 0.4) is 0 Å². The van der Waals surface area contributed by atoms with E-state index in [1.165, 1.54) is 11.8 Å². The molecular formula is C32H26ClNO5S. The van der Waals surface area contributed by atoms with Gasteiger partial charge in [0.2, 0.25) is 0 Å². The van der Waals surface area contributed by atoms with Crippen molar-refractivity contribution >= 4 is 40.8 Å². The topological polar surface area (TPSA) is 69.0 Å². The number of benzene rings is 3. The molecule has 4 aromatic rings. The third-order valence-corrected chi connectivity index (χ3v) is 8.79. The van der Waals surface area contributed by atoms with E-state index < -0.39 is 34.1 Å². The molecule has 0 radical (unpaired) electrons. The fraction of sp³-hybridized carbons (Fsp3) is 0.188. The lowest BCUT2D eigenvalue weighted by Gasteiger charge is -2.31. The largest absolute Gasteiger partial charge is 0.472 e. The Morgan fingerprint density at radius 2 is 1.65 bits per heavy atom. The highest BCUT2D eigenvalue weighted by Gasteiger charge is 2.60. The number of carbonyl (C=O) groups is 2. The first-order valence-corrected chi connectivity index (χ1v) is 14.1. The maximum Gasteiger partial charge on any atom is 0.331 e. The maximum absolute atomic E-state index is 14.1. The number of nitrogens with zero attached hydrogens (tertiary/aromatic N) is 1. The number of ether oxygens (including phenoxy) is 2. The number of rotatable bonds is 7. The first-order valence-electron chi connectivity index (χ1n) is 12.8. The number of amides is 1. The van der Waals surface area contributed by atoms with E-state index in [0.717, 1.165) is 11.1 Å². The minimum atomic E-state index is -0.868. The van der Waals surface area contributed by atoms with E-state index in [1.807, 2.05) is 74.5 Å². The van der Waals surface area contributed by atoms with Crippen molar-refractivity contribution in [2.75, 3.05) is 0 Å². The van der Waals surface area contributed by atoms with Gasteiger partial charge in [-0.2, -0.15) is 0 Å². The van der Waals surface area contributed by atoms with Gasteiger partial charge in [0.05, 0.1) is 12.5 Å². The Labute approximate surface area is 241 Å². The van der Waals surface area contributed by atoms with Gasteiger partial charge in [0, 0.05) is 20.9 Å². The number of halogens is 1. The zero-order valence-electron chi connectivity index (χ0n) is 21.8. The molecule has 2 aliphatic rings. The highest BCUT2D eigenvalue weighted by molar-refractivity contribution is 8.02. The summed E-state index contributed by atoms with van der Waals surface area (Å²) in [6.45, 7) is 3.92. The summed E-state index contributed by atoms with van der Waals surface area (Å²) < 4.78 is 17.1. The van der Waals surface area contributed by atoms with Gasteiger partial charge in [-0.25, -0.2) is 4.79 Å². The Kier molecular flexibility index (Phi) is 6.94. The minimum Gasteiger partial charge on any atom is -0.472 e. The first kappa shape index (κ1) is 26.3. The third kappa shape index (κ3) is 4.80. The molecule has 1 aromatic heterocycles. The van der Waals surface area contributed by atoms with E-state index in [0.29, 0.717) is 21.9 Å². The fourth-order valence-corrected chi connectivity index (χ4v) is 7.03. The molecule has 202 valence electrons. The number of fused-ring (bicyclic) bond motifs is 1. The second kappa shape index (κ2) is 10.6. The van der Waals surface area contributed by atoms with Crippen molar-refractivity contribution in [1.82, 2.24) is 4.90 Å². The van der Waals surface area contributed by atoms with E-state index in [1.54, 1.807) is 47.8 Å². The molecule has 0 N–H and O–H groups in total. The summed E-state index contributed by atoms with van der Waals surface area (Å²) in [4.78, 5) is 29.7. The Morgan fingerprint density at radius 1 is 0.975 bits per heavy atom. The normalized spacial score (nSPS) is 19.7. The smallest absolute Gasteiger partial charge is 0.331 e. The van der Waals surface area contributed by atoms with Crippen LogP contribution in [-0.2, 0) is 14.3 Å². The second-order valence-corrected chi connectivity index (χ2v) is 12.3. The number of thioether (sulfide) groups is 1. The number of hydrogen-bond acceptors (Lipinski definition) is 6. The van der Waals surface area contributed by atoms with Gasteiger partial charge in [-0.05, 0) is 49.2 Å². The maximum atomic E-state index is 14.1. The van der Waals surface area contributed by atoms with Crippen LogP contribution < -0.4 is 4.74 Å². The van der Waals surface area contributed by atoms with Crippen LogP contribution in [0.1, 0.15) is 36.6 Å². The summed E-state index contributed by atoms with van der Waals surface area (Å²) in [5, 5.41) is 0.0115. The van der Waals surface area contributed by atoms with Crippen molar-refractivity contribution < 1.29 is 23.5 Å². The second-order valence-electron chi connectivity index (χ2n) is 10.1. The van der Waals surface area contributed by atoms with Crippen LogP contribution in [0.4, 0.5) is 0 Å². The summed E-state index contributed by atoms with van der Waals surface area (Å²) in [7, 11) is 0.